The quantitative estimate of drug-likeness (QED) is 0.841. The molecule has 0 unspecified atom stereocenters. The molecule has 4 nitrogen and oxygen atoms in total. The molecule has 0 spiro atoms. The second-order valence-corrected chi connectivity index (χ2v) is 7.54. The lowest BCUT2D eigenvalue weighted by Gasteiger charge is -2.29. The van der Waals surface area contributed by atoms with E-state index < -0.39 is 10.0 Å². The minimum Gasteiger partial charge on any atom is -0.392 e. The zero-order valence-electron chi connectivity index (χ0n) is 12.0. The molecule has 0 aromatic heterocycles. The van der Waals surface area contributed by atoms with Gasteiger partial charge in [-0.1, -0.05) is 39.8 Å². The predicted octanol–water partition coefficient (Wildman–Crippen LogP) is 2.14. The molecule has 19 heavy (non-hydrogen) atoms. The van der Waals surface area contributed by atoms with Crippen LogP contribution in [0.3, 0.4) is 0 Å². The molecule has 5 heteroatoms. The van der Waals surface area contributed by atoms with E-state index in [0.717, 1.165) is 0 Å². The number of nitrogens with one attached hydrogen (secondary N) is 1. The SMILES string of the molecule is CC(C)C(C)(C)CNS(=O)(=O)c1ccc(CO)cc1. The van der Waals surface area contributed by atoms with E-state index in [0.29, 0.717) is 18.0 Å². The second-order valence-electron chi connectivity index (χ2n) is 5.77. The number of aliphatic hydroxyl groups is 1. The van der Waals surface area contributed by atoms with E-state index in [1.165, 1.54) is 12.1 Å². The van der Waals surface area contributed by atoms with Gasteiger partial charge in [-0.25, -0.2) is 13.1 Å². The average molecular weight is 285 g/mol. The minimum absolute atomic E-state index is 0.0892. The summed E-state index contributed by atoms with van der Waals surface area (Å²) < 4.78 is 26.9. The van der Waals surface area contributed by atoms with Crippen LogP contribution in [0.4, 0.5) is 0 Å². The molecule has 0 saturated carbocycles. The summed E-state index contributed by atoms with van der Waals surface area (Å²) in [5.74, 6) is 0.381. The molecule has 0 saturated heterocycles. The number of hydrogen-bond acceptors (Lipinski definition) is 3. The van der Waals surface area contributed by atoms with Crippen molar-refractivity contribution in [3.05, 3.63) is 29.8 Å². The fourth-order valence-corrected chi connectivity index (χ4v) is 2.57. The number of benzene rings is 1. The molecule has 1 aromatic carbocycles. The highest BCUT2D eigenvalue weighted by atomic mass is 32.2. The van der Waals surface area contributed by atoms with Crippen molar-refractivity contribution in [1.29, 1.82) is 0 Å². The van der Waals surface area contributed by atoms with Crippen LogP contribution >= 0.6 is 0 Å². The highest BCUT2D eigenvalue weighted by Gasteiger charge is 2.25. The van der Waals surface area contributed by atoms with E-state index in [1.54, 1.807) is 12.1 Å². The molecule has 2 N–H and O–H groups in total. The lowest BCUT2D eigenvalue weighted by molar-refractivity contribution is 0.252. The maximum Gasteiger partial charge on any atom is 0.240 e. The molecule has 1 aromatic rings. The Morgan fingerprint density at radius 3 is 2.16 bits per heavy atom. The zero-order chi connectivity index (χ0) is 14.7. The molecule has 0 radical (unpaired) electrons. The van der Waals surface area contributed by atoms with Crippen molar-refractivity contribution in [3.8, 4) is 0 Å². The van der Waals surface area contributed by atoms with Crippen LogP contribution in [-0.4, -0.2) is 20.1 Å². The fourth-order valence-electron chi connectivity index (χ4n) is 1.34. The topological polar surface area (TPSA) is 66.4 Å². The summed E-state index contributed by atoms with van der Waals surface area (Å²) >= 11 is 0. The van der Waals surface area contributed by atoms with Gasteiger partial charge in [0.1, 0.15) is 0 Å². The number of aliphatic hydroxyl groups excluding tert-OH is 1. The molecular formula is C14H23NO3S. The van der Waals surface area contributed by atoms with Crippen LogP contribution in [0.15, 0.2) is 29.2 Å². The van der Waals surface area contributed by atoms with Gasteiger partial charge in [0.25, 0.3) is 0 Å². The zero-order valence-corrected chi connectivity index (χ0v) is 12.8. The number of rotatable bonds is 6. The number of sulfonamides is 1. The first-order valence-electron chi connectivity index (χ1n) is 6.38. The Labute approximate surface area is 115 Å². The summed E-state index contributed by atoms with van der Waals surface area (Å²) in [6, 6.07) is 6.25. The van der Waals surface area contributed by atoms with Gasteiger partial charge in [-0.3, -0.25) is 0 Å². The van der Waals surface area contributed by atoms with Gasteiger partial charge in [-0.15, -0.1) is 0 Å². The van der Waals surface area contributed by atoms with Gasteiger partial charge in [0, 0.05) is 6.54 Å². The standard InChI is InChI=1S/C14H23NO3S/c1-11(2)14(3,4)10-15-19(17,18)13-7-5-12(9-16)6-8-13/h5-8,11,15-16H,9-10H2,1-4H3. The van der Waals surface area contributed by atoms with Gasteiger partial charge in [0.05, 0.1) is 11.5 Å². The van der Waals surface area contributed by atoms with Crippen LogP contribution < -0.4 is 4.72 Å². The van der Waals surface area contributed by atoms with Crippen LogP contribution in [-0.2, 0) is 16.6 Å². The molecule has 108 valence electrons. The third-order valence-corrected chi connectivity index (χ3v) is 5.11. The molecule has 0 bridgehead atoms. The molecule has 0 aliphatic heterocycles. The van der Waals surface area contributed by atoms with Crippen molar-refractivity contribution in [1.82, 2.24) is 4.72 Å². The second kappa shape index (κ2) is 6.03. The monoisotopic (exact) mass is 285 g/mol. The van der Waals surface area contributed by atoms with Crippen molar-refractivity contribution in [2.45, 2.75) is 39.2 Å². The average Bonchev–Trinajstić information content (AvgIpc) is 2.36. The van der Waals surface area contributed by atoms with Crippen LogP contribution in [0.5, 0.6) is 0 Å². The highest BCUT2D eigenvalue weighted by Crippen LogP contribution is 2.25. The third kappa shape index (κ3) is 4.30. The van der Waals surface area contributed by atoms with Crippen molar-refractivity contribution < 1.29 is 13.5 Å². The summed E-state index contributed by atoms with van der Waals surface area (Å²) in [5.41, 5.74) is 0.597. The largest absolute Gasteiger partial charge is 0.392 e. The molecule has 0 aliphatic carbocycles. The van der Waals surface area contributed by atoms with Gasteiger partial charge < -0.3 is 5.11 Å². The van der Waals surface area contributed by atoms with Gasteiger partial charge >= 0.3 is 0 Å². The molecule has 0 atom stereocenters. The van der Waals surface area contributed by atoms with Crippen molar-refractivity contribution >= 4 is 10.0 Å². The lowest BCUT2D eigenvalue weighted by Crippen LogP contribution is -2.36. The Kier molecular flexibility index (Phi) is 5.12. The summed E-state index contributed by atoms with van der Waals surface area (Å²) in [5, 5.41) is 8.94. The fraction of sp³-hybridized carbons (Fsp3) is 0.571. The van der Waals surface area contributed by atoms with Crippen LogP contribution in [0.25, 0.3) is 0 Å². The molecule has 0 amide bonds. The van der Waals surface area contributed by atoms with Crippen LogP contribution in [0.1, 0.15) is 33.3 Å². The lowest BCUT2D eigenvalue weighted by atomic mass is 9.81. The van der Waals surface area contributed by atoms with E-state index >= 15 is 0 Å². The summed E-state index contributed by atoms with van der Waals surface area (Å²) in [6.45, 7) is 8.53. The Bertz CT molecular complexity index is 504. The summed E-state index contributed by atoms with van der Waals surface area (Å²) in [7, 11) is -3.48. The maximum absolute atomic E-state index is 12.1. The first-order valence-corrected chi connectivity index (χ1v) is 7.87. The normalized spacial score (nSPS) is 12.9. The maximum atomic E-state index is 12.1. The van der Waals surface area contributed by atoms with Crippen LogP contribution in [0.2, 0.25) is 0 Å². The van der Waals surface area contributed by atoms with Gasteiger partial charge in [0.15, 0.2) is 0 Å². The van der Waals surface area contributed by atoms with Crippen LogP contribution in [0, 0.1) is 11.3 Å². The van der Waals surface area contributed by atoms with E-state index in [9.17, 15) is 8.42 Å². The summed E-state index contributed by atoms with van der Waals surface area (Å²) in [6.07, 6.45) is 0. The van der Waals surface area contributed by atoms with Gasteiger partial charge in [-0.05, 0) is 29.0 Å². The molecule has 1 rings (SSSR count). The molecular weight excluding hydrogens is 262 g/mol. The smallest absolute Gasteiger partial charge is 0.240 e. The molecule has 0 fully saturated rings. The van der Waals surface area contributed by atoms with Crippen molar-refractivity contribution in [2.75, 3.05) is 6.54 Å². The Morgan fingerprint density at radius 1 is 1.21 bits per heavy atom. The van der Waals surface area contributed by atoms with E-state index in [4.69, 9.17) is 5.11 Å². The van der Waals surface area contributed by atoms with E-state index in [1.807, 2.05) is 13.8 Å². The number of hydrogen-bond donors (Lipinski definition) is 2. The Morgan fingerprint density at radius 2 is 1.74 bits per heavy atom. The van der Waals surface area contributed by atoms with E-state index in [-0.39, 0.29) is 16.9 Å². The first kappa shape index (κ1) is 16.1. The predicted molar refractivity (Wildman–Crippen MR) is 76.2 cm³/mol. The van der Waals surface area contributed by atoms with Crippen molar-refractivity contribution in [3.63, 3.8) is 0 Å². The minimum atomic E-state index is -3.48. The molecule has 0 aliphatic rings. The van der Waals surface area contributed by atoms with E-state index in [2.05, 4.69) is 18.6 Å². The van der Waals surface area contributed by atoms with Gasteiger partial charge in [-0.2, -0.15) is 0 Å². The van der Waals surface area contributed by atoms with Crippen molar-refractivity contribution in [2.24, 2.45) is 11.3 Å². The summed E-state index contributed by atoms with van der Waals surface area (Å²) in [4.78, 5) is 0.226. The third-order valence-electron chi connectivity index (χ3n) is 3.70. The Balaban J connectivity index is 2.81. The molecule has 0 heterocycles. The van der Waals surface area contributed by atoms with Gasteiger partial charge in [0.2, 0.25) is 10.0 Å². The first-order chi connectivity index (χ1) is 8.69. The Hall–Kier alpha value is -0.910. The highest BCUT2D eigenvalue weighted by molar-refractivity contribution is 7.89.